The Morgan fingerprint density at radius 2 is 1.73 bits per heavy atom. The molecule has 2 aromatic carbocycles. The van der Waals surface area contributed by atoms with E-state index in [2.05, 4.69) is 11.2 Å². The van der Waals surface area contributed by atoms with E-state index in [9.17, 15) is 14.4 Å². The molecule has 6 heteroatoms. The molecule has 0 saturated carbocycles. The van der Waals surface area contributed by atoms with Crippen LogP contribution in [0.15, 0.2) is 54.6 Å². The summed E-state index contributed by atoms with van der Waals surface area (Å²) < 4.78 is 5.20. The molecule has 2 amide bonds. The Kier molecular flexibility index (Phi) is 5.39. The third-order valence-electron chi connectivity index (χ3n) is 5.71. The first-order chi connectivity index (χ1) is 14.6. The Labute approximate surface area is 175 Å². The van der Waals surface area contributed by atoms with Crippen LogP contribution in [0.1, 0.15) is 24.1 Å². The molecule has 6 nitrogen and oxygen atoms in total. The summed E-state index contributed by atoms with van der Waals surface area (Å²) in [5.41, 5.74) is 2.22. The number of esters is 1. The number of nitrogens with one attached hydrogen (secondary N) is 1. The number of carbonyl (C=O) groups is 3. The lowest BCUT2D eigenvalue weighted by Gasteiger charge is -2.23. The number of hydrogen-bond donors (Lipinski definition) is 1. The van der Waals surface area contributed by atoms with Crippen molar-refractivity contribution in [1.29, 1.82) is 0 Å². The molecular weight excluding hydrogens is 380 g/mol. The number of para-hydroxylation sites is 1. The maximum atomic E-state index is 13.4. The number of terminal acetylenes is 1. The van der Waals surface area contributed by atoms with Crippen LogP contribution in [0.5, 0.6) is 0 Å². The molecule has 30 heavy (non-hydrogen) atoms. The van der Waals surface area contributed by atoms with Gasteiger partial charge in [-0.15, -0.1) is 12.3 Å². The predicted molar refractivity (Wildman–Crippen MR) is 111 cm³/mol. The molecule has 0 spiro atoms. The van der Waals surface area contributed by atoms with Crippen LogP contribution in [-0.4, -0.2) is 30.4 Å². The van der Waals surface area contributed by atoms with Crippen molar-refractivity contribution in [2.45, 2.75) is 25.4 Å². The molecule has 4 atom stereocenters. The summed E-state index contributed by atoms with van der Waals surface area (Å²) in [6.07, 6.45) is 5.91. The van der Waals surface area contributed by atoms with Gasteiger partial charge >= 0.3 is 5.97 Å². The molecule has 0 unspecified atom stereocenters. The summed E-state index contributed by atoms with van der Waals surface area (Å²) in [7, 11) is 0. The lowest BCUT2D eigenvalue weighted by Crippen LogP contribution is -2.44. The average molecular weight is 402 g/mol. The van der Waals surface area contributed by atoms with Crippen molar-refractivity contribution in [3.05, 3.63) is 65.7 Å². The van der Waals surface area contributed by atoms with E-state index < -0.39 is 35.8 Å². The highest BCUT2D eigenvalue weighted by Crippen LogP contribution is 2.46. The Hall–Kier alpha value is -3.43. The SMILES string of the molecule is C#CCc1ccccc1[C@H]1N[C@@H](C(=O)OCC)[C@H]2C(=O)N(c3ccccc3)C(=O)[C@H]21. The third-order valence-corrected chi connectivity index (χ3v) is 5.71. The van der Waals surface area contributed by atoms with Gasteiger partial charge in [0.1, 0.15) is 6.04 Å². The Morgan fingerprint density at radius 1 is 1.07 bits per heavy atom. The minimum Gasteiger partial charge on any atom is -0.465 e. The number of nitrogens with zero attached hydrogens (tertiary/aromatic N) is 1. The van der Waals surface area contributed by atoms with Crippen LogP contribution in [0.3, 0.4) is 0 Å². The van der Waals surface area contributed by atoms with E-state index in [-0.39, 0.29) is 12.5 Å². The van der Waals surface area contributed by atoms with Crippen LogP contribution >= 0.6 is 0 Å². The lowest BCUT2D eigenvalue weighted by atomic mass is 9.84. The van der Waals surface area contributed by atoms with Crippen molar-refractivity contribution in [2.24, 2.45) is 11.8 Å². The van der Waals surface area contributed by atoms with Crippen LogP contribution in [0, 0.1) is 24.2 Å². The second-order valence-corrected chi connectivity index (χ2v) is 7.35. The maximum Gasteiger partial charge on any atom is 0.324 e. The van der Waals surface area contributed by atoms with Crippen molar-refractivity contribution in [3.8, 4) is 12.3 Å². The summed E-state index contributed by atoms with van der Waals surface area (Å²) in [4.78, 5) is 40.6. The van der Waals surface area contributed by atoms with E-state index in [1.165, 1.54) is 4.90 Å². The number of carbonyl (C=O) groups excluding carboxylic acids is 3. The van der Waals surface area contributed by atoms with Gasteiger partial charge in [0.25, 0.3) is 0 Å². The van der Waals surface area contributed by atoms with E-state index in [1.54, 1.807) is 31.2 Å². The topological polar surface area (TPSA) is 75.7 Å². The van der Waals surface area contributed by atoms with E-state index in [4.69, 9.17) is 11.2 Å². The van der Waals surface area contributed by atoms with Crippen LogP contribution in [0.4, 0.5) is 5.69 Å². The van der Waals surface area contributed by atoms with Crippen molar-refractivity contribution >= 4 is 23.5 Å². The number of fused-ring (bicyclic) bond motifs is 1. The van der Waals surface area contributed by atoms with E-state index in [0.717, 1.165) is 11.1 Å². The fraction of sp³-hybridized carbons (Fsp3) is 0.292. The number of imide groups is 1. The molecule has 0 aromatic heterocycles. The zero-order valence-corrected chi connectivity index (χ0v) is 16.6. The monoisotopic (exact) mass is 402 g/mol. The summed E-state index contributed by atoms with van der Waals surface area (Å²) in [5, 5.41) is 3.21. The first-order valence-corrected chi connectivity index (χ1v) is 9.95. The van der Waals surface area contributed by atoms with Crippen molar-refractivity contribution in [1.82, 2.24) is 5.32 Å². The van der Waals surface area contributed by atoms with Gasteiger partial charge in [0, 0.05) is 12.5 Å². The molecule has 0 radical (unpaired) electrons. The highest BCUT2D eigenvalue weighted by atomic mass is 16.5. The molecule has 2 heterocycles. The maximum absolute atomic E-state index is 13.4. The first-order valence-electron chi connectivity index (χ1n) is 9.95. The van der Waals surface area contributed by atoms with E-state index >= 15 is 0 Å². The van der Waals surface area contributed by atoms with Gasteiger partial charge in [-0.1, -0.05) is 42.5 Å². The molecule has 152 valence electrons. The van der Waals surface area contributed by atoms with Crippen molar-refractivity contribution in [3.63, 3.8) is 0 Å². The minimum absolute atomic E-state index is 0.192. The number of benzene rings is 2. The summed E-state index contributed by atoms with van der Waals surface area (Å²) in [6.45, 7) is 1.90. The fourth-order valence-corrected chi connectivity index (χ4v) is 4.48. The van der Waals surface area contributed by atoms with Crippen LogP contribution in [0.25, 0.3) is 0 Å². The number of ether oxygens (including phenoxy) is 1. The zero-order chi connectivity index (χ0) is 21.3. The average Bonchev–Trinajstić information content (AvgIpc) is 3.26. The number of amides is 2. The molecular formula is C24H22N2O4. The molecule has 4 rings (SSSR count). The summed E-state index contributed by atoms with van der Waals surface area (Å²) >= 11 is 0. The van der Waals surface area contributed by atoms with Crippen LogP contribution in [0.2, 0.25) is 0 Å². The van der Waals surface area contributed by atoms with Gasteiger partial charge in [0.15, 0.2) is 0 Å². The lowest BCUT2D eigenvalue weighted by molar-refractivity contribution is -0.148. The highest BCUT2D eigenvalue weighted by molar-refractivity contribution is 6.23. The van der Waals surface area contributed by atoms with Gasteiger partial charge in [-0.05, 0) is 30.2 Å². The number of hydrogen-bond acceptors (Lipinski definition) is 5. The van der Waals surface area contributed by atoms with Gasteiger partial charge in [-0.2, -0.15) is 0 Å². The third kappa shape index (κ3) is 3.17. The predicted octanol–water partition coefficient (Wildman–Crippen LogP) is 2.24. The minimum atomic E-state index is -0.899. The smallest absolute Gasteiger partial charge is 0.324 e. The molecule has 0 aliphatic carbocycles. The van der Waals surface area contributed by atoms with Crippen molar-refractivity contribution < 1.29 is 19.1 Å². The standard InChI is InChI=1S/C24H22N2O4/c1-3-10-15-11-8-9-14-17(15)20-18-19(21(25-20)24(29)30-4-2)23(28)26(22(18)27)16-12-6-5-7-13-16/h1,5-9,11-14,18-21,25H,4,10H2,2H3/t18-,19+,20-,21-/m1/s1. The normalized spacial score (nSPS) is 25.1. The second-order valence-electron chi connectivity index (χ2n) is 7.35. The summed E-state index contributed by atoms with van der Waals surface area (Å²) in [5.74, 6) is -0.155. The van der Waals surface area contributed by atoms with E-state index in [1.807, 2.05) is 30.3 Å². The van der Waals surface area contributed by atoms with Crippen molar-refractivity contribution in [2.75, 3.05) is 11.5 Å². The molecule has 2 aliphatic rings. The van der Waals surface area contributed by atoms with Crippen LogP contribution in [-0.2, 0) is 25.5 Å². The highest BCUT2D eigenvalue weighted by Gasteiger charge is 2.61. The zero-order valence-electron chi connectivity index (χ0n) is 16.6. The summed E-state index contributed by atoms with van der Waals surface area (Å²) in [6, 6.07) is 14.9. The Balaban J connectivity index is 1.79. The quantitative estimate of drug-likeness (QED) is 0.472. The second kappa shape index (κ2) is 8.13. The van der Waals surface area contributed by atoms with Gasteiger partial charge in [0.05, 0.1) is 24.1 Å². The molecule has 2 aromatic rings. The first kappa shape index (κ1) is 19.9. The number of anilines is 1. The Morgan fingerprint density at radius 3 is 2.43 bits per heavy atom. The van der Waals surface area contributed by atoms with Gasteiger partial charge in [-0.3, -0.25) is 19.7 Å². The molecule has 2 fully saturated rings. The van der Waals surface area contributed by atoms with Gasteiger partial charge in [-0.25, -0.2) is 4.90 Å². The van der Waals surface area contributed by atoms with Gasteiger partial charge < -0.3 is 4.74 Å². The fourth-order valence-electron chi connectivity index (χ4n) is 4.48. The molecule has 1 N–H and O–H groups in total. The van der Waals surface area contributed by atoms with Gasteiger partial charge in [0.2, 0.25) is 11.8 Å². The largest absolute Gasteiger partial charge is 0.465 e. The molecule has 0 bridgehead atoms. The van der Waals surface area contributed by atoms with E-state index in [0.29, 0.717) is 12.1 Å². The molecule has 2 saturated heterocycles. The van der Waals surface area contributed by atoms with Crippen LogP contribution < -0.4 is 10.2 Å². The molecule has 2 aliphatic heterocycles. The Bertz CT molecular complexity index is 1030. The number of rotatable bonds is 5.